The number of halogens is 2. The summed E-state index contributed by atoms with van der Waals surface area (Å²) in [4.78, 5) is 8.98. The monoisotopic (exact) mass is 352 g/mol. The van der Waals surface area contributed by atoms with Crippen molar-refractivity contribution in [2.24, 2.45) is 0 Å². The number of anilines is 3. The first-order chi connectivity index (χ1) is 11.0. The van der Waals surface area contributed by atoms with E-state index in [4.69, 9.17) is 23.2 Å². The van der Waals surface area contributed by atoms with Crippen LogP contribution in [-0.4, -0.2) is 27.7 Å². The van der Waals surface area contributed by atoms with Crippen molar-refractivity contribution in [1.29, 1.82) is 0 Å². The summed E-state index contributed by atoms with van der Waals surface area (Å²) in [6.45, 7) is 1.88. The quantitative estimate of drug-likeness (QED) is 0.726. The molecule has 0 radical (unpaired) electrons. The van der Waals surface area contributed by atoms with Gasteiger partial charge in [0.05, 0.1) is 23.0 Å². The van der Waals surface area contributed by atoms with Crippen molar-refractivity contribution in [2.45, 2.75) is 31.7 Å². The molecule has 1 atom stereocenters. The van der Waals surface area contributed by atoms with E-state index in [1.807, 2.05) is 13.0 Å². The molecule has 0 unspecified atom stereocenters. The zero-order valence-corrected chi connectivity index (χ0v) is 14.2. The lowest BCUT2D eigenvalue weighted by Crippen LogP contribution is -2.21. The second kappa shape index (κ2) is 6.91. The molecule has 0 aliphatic heterocycles. The molecule has 2 aromatic rings. The number of hydrogen-bond acceptors (Lipinski definition) is 5. The third kappa shape index (κ3) is 4.25. The van der Waals surface area contributed by atoms with Gasteiger partial charge < -0.3 is 15.7 Å². The molecule has 1 aliphatic rings. The van der Waals surface area contributed by atoms with Gasteiger partial charge in [0.25, 0.3) is 0 Å². The Balaban J connectivity index is 1.89. The summed E-state index contributed by atoms with van der Waals surface area (Å²) in [6, 6.07) is 7.05. The fourth-order valence-corrected chi connectivity index (χ4v) is 2.52. The molecule has 0 bridgehead atoms. The molecular weight excluding hydrogens is 335 g/mol. The molecule has 3 N–H and O–H groups in total. The van der Waals surface area contributed by atoms with E-state index < -0.39 is 0 Å². The van der Waals surface area contributed by atoms with Crippen molar-refractivity contribution in [3.8, 4) is 0 Å². The number of rotatable bonds is 6. The van der Waals surface area contributed by atoms with Crippen LogP contribution in [0.4, 0.5) is 17.5 Å². The smallest absolute Gasteiger partial charge is 0.225 e. The van der Waals surface area contributed by atoms with Gasteiger partial charge in [0, 0.05) is 23.0 Å². The van der Waals surface area contributed by atoms with Crippen molar-refractivity contribution in [2.75, 3.05) is 17.2 Å². The first-order valence-corrected chi connectivity index (χ1v) is 8.29. The average Bonchev–Trinajstić information content (AvgIpc) is 3.35. The molecule has 1 saturated carbocycles. The highest BCUT2D eigenvalue weighted by atomic mass is 35.5. The van der Waals surface area contributed by atoms with Gasteiger partial charge in [0.15, 0.2) is 0 Å². The Bertz CT molecular complexity index is 706. The van der Waals surface area contributed by atoms with Crippen molar-refractivity contribution >= 4 is 40.7 Å². The van der Waals surface area contributed by atoms with Gasteiger partial charge >= 0.3 is 0 Å². The molecule has 1 fully saturated rings. The maximum absolute atomic E-state index is 9.19. The SMILES string of the molecule is C[C@H](CO)Nc1nc(Nc2cc(Cl)ccc2Cl)cc(C2CC2)n1. The van der Waals surface area contributed by atoms with Crippen molar-refractivity contribution in [1.82, 2.24) is 9.97 Å². The molecule has 1 heterocycles. The van der Waals surface area contributed by atoms with E-state index in [9.17, 15) is 5.11 Å². The second-order valence-electron chi connectivity index (χ2n) is 5.75. The topological polar surface area (TPSA) is 70.1 Å². The van der Waals surface area contributed by atoms with Gasteiger partial charge in [-0.15, -0.1) is 0 Å². The standard InChI is InChI=1S/C16H18Cl2N4O/c1-9(8-23)19-16-21-13(10-2-3-10)7-15(22-16)20-14-6-11(17)4-5-12(14)18/h4-7,9-10,23H,2-3,8H2,1H3,(H2,19,20,21,22)/t9-/m1/s1. The van der Waals surface area contributed by atoms with Crippen molar-refractivity contribution in [3.63, 3.8) is 0 Å². The predicted molar refractivity (Wildman–Crippen MR) is 93.9 cm³/mol. The number of aliphatic hydroxyl groups is 1. The van der Waals surface area contributed by atoms with Crippen LogP contribution < -0.4 is 10.6 Å². The summed E-state index contributed by atoms with van der Waals surface area (Å²) < 4.78 is 0. The Morgan fingerprint density at radius 2 is 2.04 bits per heavy atom. The van der Waals surface area contributed by atoms with E-state index in [0.717, 1.165) is 18.5 Å². The Kier molecular flexibility index (Phi) is 4.90. The lowest BCUT2D eigenvalue weighted by atomic mass is 10.2. The summed E-state index contributed by atoms with van der Waals surface area (Å²) in [5.41, 5.74) is 1.69. The summed E-state index contributed by atoms with van der Waals surface area (Å²) in [7, 11) is 0. The maximum atomic E-state index is 9.19. The summed E-state index contributed by atoms with van der Waals surface area (Å²) in [5.74, 6) is 1.63. The minimum atomic E-state index is -0.118. The molecular formula is C16H18Cl2N4O. The van der Waals surface area contributed by atoms with Gasteiger partial charge in [0.2, 0.25) is 5.95 Å². The van der Waals surface area contributed by atoms with Crippen LogP contribution in [0.2, 0.25) is 10.0 Å². The Labute approximate surface area is 145 Å². The number of benzene rings is 1. The van der Waals surface area contributed by atoms with E-state index in [2.05, 4.69) is 20.6 Å². The summed E-state index contributed by atoms with van der Waals surface area (Å²) in [5, 5.41) is 16.7. The van der Waals surface area contributed by atoms with Crippen LogP contribution in [0.1, 0.15) is 31.4 Å². The molecule has 0 spiro atoms. The number of nitrogens with one attached hydrogen (secondary N) is 2. The molecule has 1 aliphatic carbocycles. The lowest BCUT2D eigenvalue weighted by molar-refractivity contribution is 0.281. The highest BCUT2D eigenvalue weighted by Crippen LogP contribution is 2.40. The minimum Gasteiger partial charge on any atom is -0.394 e. The van der Waals surface area contributed by atoms with Crippen LogP contribution in [0.15, 0.2) is 24.3 Å². The van der Waals surface area contributed by atoms with E-state index in [1.165, 1.54) is 0 Å². The number of nitrogens with zero attached hydrogens (tertiary/aromatic N) is 2. The third-order valence-electron chi connectivity index (χ3n) is 3.58. The zero-order chi connectivity index (χ0) is 16.4. The van der Waals surface area contributed by atoms with Crippen molar-refractivity contribution in [3.05, 3.63) is 40.0 Å². The van der Waals surface area contributed by atoms with Crippen LogP contribution in [0.5, 0.6) is 0 Å². The van der Waals surface area contributed by atoms with Gasteiger partial charge in [-0.25, -0.2) is 4.98 Å². The molecule has 1 aromatic heterocycles. The normalized spacial score (nSPS) is 15.3. The van der Waals surface area contributed by atoms with Gasteiger partial charge in [-0.2, -0.15) is 4.98 Å². The van der Waals surface area contributed by atoms with Gasteiger partial charge in [-0.3, -0.25) is 0 Å². The zero-order valence-electron chi connectivity index (χ0n) is 12.7. The van der Waals surface area contributed by atoms with E-state index in [1.54, 1.807) is 18.2 Å². The Morgan fingerprint density at radius 1 is 1.26 bits per heavy atom. The van der Waals surface area contributed by atoms with E-state index in [-0.39, 0.29) is 12.6 Å². The first kappa shape index (κ1) is 16.3. The average molecular weight is 353 g/mol. The van der Waals surface area contributed by atoms with E-state index in [0.29, 0.717) is 33.4 Å². The van der Waals surface area contributed by atoms with E-state index >= 15 is 0 Å². The molecule has 5 nitrogen and oxygen atoms in total. The molecule has 23 heavy (non-hydrogen) atoms. The van der Waals surface area contributed by atoms with Gasteiger partial charge in [-0.05, 0) is 38.0 Å². The third-order valence-corrected chi connectivity index (χ3v) is 4.15. The summed E-state index contributed by atoms with van der Waals surface area (Å²) in [6.07, 6.45) is 2.28. The second-order valence-corrected chi connectivity index (χ2v) is 6.60. The number of hydrogen-bond donors (Lipinski definition) is 3. The summed E-state index contributed by atoms with van der Waals surface area (Å²) >= 11 is 12.2. The van der Waals surface area contributed by atoms with Crippen LogP contribution in [0.3, 0.4) is 0 Å². The Morgan fingerprint density at radius 3 is 2.74 bits per heavy atom. The van der Waals surface area contributed by atoms with Crippen LogP contribution in [0, 0.1) is 0 Å². The molecule has 0 saturated heterocycles. The van der Waals surface area contributed by atoms with Crippen LogP contribution >= 0.6 is 23.2 Å². The highest BCUT2D eigenvalue weighted by Gasteiger charge is 2.26. The van der Waals surface area contributed by atoms with Crippen molar-refractivity contribution < 1.29 is 5.11 Å². The maximum Gasteiger partial charge on any atom is 0.225 e. The first-order valence-electron chi connectivity index (χ1n) is 7.53. The number of aromatic nitrogens is 2. The molecule has 1 aromatic carbocycles. The van der Waals surface area contributed by atoms with Crippen LogP contribution in [-0.2, 0) is 0 Å². The fraction of sp³-hybridized carbons (Fsp3) is 0.375. The minimum absolute atomic E-state index is 0.0138. The molecule has 122 valence electrons. The van der Waals surface area contributed by atoms with Crippen LogP contribution in [0.25, 0.3) is 0 Å². The number of aliphatic hydroxyl groups excluding tert-OH is 1. The molecule has 0 amide bonds. The molecule has 3 rings (SSSR count). The highest BCUT2D eigenvalue weighted by molar-refractivity contribution is 6.35. The molecule has 7 heteroatoms. The lowest BCUT2D eigenvalue weighted by Gasteiger charge is -2.14. The predicted octanol–water partition coefficient (Wildman–Crippen LogP) is 4.20. The van der Waals surface area contributed by atoms with Gasteiger partial charge in [-0.1, -0.05) is 23.2 Å². The Hall–Kier alpha value is -1.56. The van der Waals surface area contributed by atoms with Gasteiger partial charge in [0.1, 0.15) is 5.82 Å². The fourth-order valence-electron chi connectivity index (χ4n) is 2.18. The largest absolute Gasteiger partial charge is 0.394 e.